The Hall–Kier alpha value is -0.960. The van der Waals surface area contributed by atoms with E-state index in [2.05, 4.69) is 9.71 Å². The van der Waals surface area contributed by atoms with E-state index in [1.54, 1.807) is 22.8 Å². The number of nitrogens with one attached hydrogen (secondary N) is 1. The molecular formula is C14H18N2O3S3. The summed E-state index contributed by atoms with van der Waals surface area (Å²) in [7, 11) is -2.04. The minimum absolute atomic E-state index is 0.230. The van der Waals surface area contributed by atoms with Gasteiger partial charge in [0.05, 0.1) is 17.8 Å². The average Bonchev–Trinajstić information content (AvgIpc) is 3.13. The van der Waals surface area contributed by atoms with Gasteiger partial charge in [-0.3, -0.25) is 0 Å². The Morgan fingerprint density at radius 1 is 1.36 bits per heavy atom. The van der Waals surface area contributed by atoms with Crippen LogP contribution in [0, 0.1) is 0 Å². The molecule has 1 aliphatic carbocycles. The maximum absolute atomic E-state index is 12.3. The Balaban J connectivity index is 1.62. The minimum atomic E-state index is -3.51. The van der Waals surface area contributed by atoms with Crippen molar-refractivity contribution in [3.8, 4) is 5.75 Å². The van der Waals surface area contributed by atoms with Crippen LogP contribution >= 0.6 is 22.7 Å². The molecule has 8 heteroatoms. The SMILES string of the molecule is COc1ccsc1S(=O)(=O)NCCc1nc2c(s1)CCCC2. The predicted molar refractivity (Wildman–Crippen MR) is 88.5 cm³/mol. The van der Waals surface area contributed by atoms with Crippen LogP contribution in [0.5, 0.6) is 5.75 Å². The lowest BCUT2D eigenvalue weighted by atomic mass is 10.0. The van der Waals surface area contributed by atoms with Crippen molar-refractivity contribution in [3.05, 3.63) is 27.0 Å². The molecule has 0 saturated carbocycles. The van der Waals surface area contributed by atoms with Gasteiger partial charge < -0.3 is 4.74 Å². The average molecular weight is 359 g/mol. The first kappa shape index (κ1) is 15.9. The van der Waals surface area contributed by atoms with E-state index in [-0.39, 0.29) is 4.21 Å². The fraction of sp³-hybridized carbons (Fsp3) is 0.500. The van der Waals surface area contributed by atoms with Gasteiger partial charge in [0.1, 0.15) is 5.75 Å². The van der Waals surface area contributed by atoms with Crippen LogP contribution in [0.1, 0.15) is 28.4 Å². The lowest BCUT2D eigenvalue weighted by molar-refractivity contribution is 0.406. The molecule has 0 aliphatic heterocycles. The number of sulfonamides is 1. The summed E-state index contributed by atoms with van der Waals surface area (Å²) in [6, 6.07) is 1.66. The van der Waals surface area contributed by atoms with Crippen LogP contribution in [0.2, 0.25) is 0 Å². The van der Waals surface area contributed by atoms with Crippen molar-refractivity contribution in [1.82, 2.24) is 9.71 Å². The minimum Gasteiger partial charge on any atom is -0.494 e. The van der Waals surface area contributed by atoms with Gasteiger partial charge in [0, 0.05) is 17.8 Å². The second-order valence-electron chi connectivity index (χ2n) is 5.11. The van der Waals surface area contributed by atoms with Crippen LogP contribution in [0.4, 0.5) is 0 Å². The third-order valence-electron chi connectivity index (χ3n) is 3.58. The van der Waals surface area contributed by atoms with Crippen molar-refractivity contribution in [2.45, 2.75) is 36.3 Å². The molecule has 0 spiro atoms. The molecule has 0 radical (unpaired) electrons. The molecule has 0 atom stereocenters. The molecular weight excluding hydrogens is 340 g/mol. The molecule has 1 aliphatic rings. The van der Waals surface area contributed by atoms with Crippen LogP contribution < -0.4 is 9.46 Å². The fourth-order valence-corrected chi connectivity index (χ4v) is 6.01. The molecule has 2 aromatic heterocycles. The summed E-state index contributed by atoms with van der Waals surface area (Å²) < 4.78 is 32.5. The van der Waals surface area contributed by atoms with Crippen molar-refractivity contribution in [2.24, 2.45) is 0 Å². The zero-order valence-electron chi connectivity index (χ0n) is 12.3. The quantitative estimate of drug-likeness (QED) is 0.862. The first-order valence-corrected chi connectivity index (χ1v) is 10.4. The summed E-state index contributed by atoms with van der Waals surface area (Å²) in [6.07, 6.45) is 5.25. The van der Waals surface area contributed by atoms with Gasteiger partial charge in [0.15, 0.2) is 4.21 Å². The van der Waals surface area contributed by atoms with Gasteiger partial charge in [-0.1, -0.05) is 0 Å². The van der Waals surface area contributed by atoms with Crippen LogP contribution in [-0.4, -0.2) is 27.1 Å². The van der Waals surface area contributed by atoms with Crippen LogP contribution in [0.25, 0.3) is 0 Å². The van der Waals surface area contributed by atoms with Crippen molar-refractivity contribution in [2.75, 3.05) is 13.7 Å². The molecule has 0 unspecified atom stereocenters. The molecule has 22 heavy (non-hydrogen) atoms. The number of nitrogens with zero attached hydrogens (tertiary/aromatic N) is 1. The predicted octanol–water partition coefficient (Wildman–Crippen LogP) is 2.61. The van der Waals surface area contributed by atoms with E-state index in [9.17, 15) is 8.42 Å². The Kier molecular flexibility index (Phi) is 4.82. The summed E-state index contributed by atoms with van der Waals surface area (Å²) in [5.41, 5.74) is 1.22. The topological polar surface area (TPSA) is 68.3 Å². The zero-order valence-corrected chi connectivity index (χ0v) is 14.7. The normalized spacial score (nSPS) is 14.8. The number of thiophene rings is 1. The molecule has 0 fully saturated rings. The van der Waals surface area contributed by atoms with E-state index in [0.717, 1.165) is 29.2 Å². The van der Waals surface area contributed by atoms with Gasteiger partial charge in [0.2, 0.25) is 0 Å². The number of methoxy groups -OCH3 is 1. The van der Waals surface area contributed by atoms with Crippen molar-refractivity contribution in [3.63, 3.8) is 0 Å². The van der Waals surface area contributed by atoms with Gasteiger partial charge >= 0.3 is 0 Å². The molecule has 2 aromatic rings. The summed E-state index contributed by atoms with van der Waals surface area (Å²) in [6.45, 7) is 0.357. The van der Waals surface area contributed by atoms with E-state index in [1.165, 1.54) is 30.5 Å². The first-order chi connectivity index (χ1) is 10.6. The monoisotopic (exact) mass is 358 g/mol. The Morgan fingerprint density at radius 3 is 2.95 bits per heavy atom. The van der Waals surface area contributed by atoms with Gasteiger partial charge in [-0.05, 0) is 37.1 Å². The maximum Gasteiger partial charge on any atom is 0.253 e. The summed E-state index contributed by atoms with van der Waals surface area (Å²) in [5, 5.41) is 2.73. The number of thiazole rings is 1. The first-order valence-electron chi connectivity index (χ1n) is 7.19. The highest BCUT2D eigenvalue weighted by atomic mass is 32.2. The van der Waals surface area contributed by atoms with E-state index in [4.69, 9.17) is 4.74 Å². The second kappa shape index (κ2) is 6.66. The van der Waals surface area contributed by atoms with E-state index >= 15 is 0 Å². The largest absolute Gasteiger partial charge is 0.494 e. The third-order valence-corrected chi connectivity index (χ3v) is 7.71. The number of aromatic nitrogens is 1. The standard InChI is InChI=1S/C14H18N2O3S3/c1-19-11-7-9-20-14(11)22(17,18)15-8-6-13-16-10-4-2-3-5-12(10)21-13/h7,9,15H,2-6,8H2,1H3. The van der Waals surface area contributed by atoms with Crippen molar-refractivity contribution < 1.29 is 13.2 Å². The van der Waals surface area contributed by atoms with Crippen molar-refractivity contribution >= 4 is 32.7 Å². The second-order valence-corrected chi connectivity index (χ2v) is 9.16. The Morgan fingerprint density at radius 2 is 2.18 bits per heavy atom. The number of hydrogen-bond acceptors (Lipinski definition) is 6. The summed E-state index contributed by atoms with van der Waals surface area (Å²) >= 11 is 2.88. The zero-order chi connectivity index (χ0) is 15.6. The Bertz CT molecular complexity index is 726. The number of rotatable bonds is 6. The number of hydrogen-bond donors (Lipinski definition) is 1. The number of ether oxygens (including phenoxy) is 1. The molecule has 3 rings (SSSR count). The van der Waals surface area contributed by atoms with Crippen LogP contribution in [-0.2, 0) is 29.3 Å². The number of aryl methyl sites for hydroxylation is 2. The van der Waals surface area contributed by atoms with Crippen LogP contribution in [0.15, 0.2) is 15.7 Å². The molecule has 0 bridgehead atoms. The summed E-state index contributed by atoms with van der Waals surface area (Å²) in [4.78, 5) is 6.01. The van der Waals surface area contributed by atoms with Crippen molar-refractivity contribution in [1.29, 1.82) is 0 Å². The van der Waals surface area contributed by atoms with E-state index in [0.29, 0.717) is 18.7 Å². The molecule has 0 amide bonds. The highest BCUT2D eigenvalue weighted by Gasteiger charge is 2.21. The number of fused-ring (bicyclic) bond motifs is 1. The molecule has 5 nitrogen and oxygen atoms in total. The smallest absolute Gasteiger partial charge is 0.253 e. The molecule has 120 valence electrons. The van der Waals surface area contributed by atoms with Gasteiger partial charge in [-0.25, -0.2) is 18.1 Å². The van der Waals surface area contributed by atoms with Crippen LogP contribution in [0.3, 0.4) is 0 Å². The molecule has 0 saturated heterocycles. The highest BCUT2D eigenvalue weighted by Crippen LogP contribution is 2.29. The van der Waals surface area contributed by atoms with E-state index in [1.807, 2.05) is 0 Å². The highest BCUT2D eigenvalue weighted by molar-refractivity contribution is 7.91. The molecule has 1 N–H and O–H groups in total. The summed E-state index contributed by atoms with van der Waals surface area (Å²) in [5.74, 6) is 0.391. The molecule has 2 heterocycles. The van der Waals surface area contributed by atoms with Gasteiger partial charge in [-0.2, -0.15) is 0 Å². The Labute approximate surface area is 138 Å². The third kappa shape index (κ3) is 3.34. The van der Waals surface area contributed by atoms with Gasteiger partial charge in [-0.15, -0.1) is 22.7 Å². The molecule has 0 aromatic carbocycles. The lowest BCUT2D eigenvalue weighted by Gasteiger charge is -2.06. The van der Waals surface area contributed by atoms with E-state index < -0.39 is 10.0 Å². The van der Waals surface area contributed by atoms with Gasteiger partial charge in [0.25, 0.3) is 10.0 Å². The maximum atomic E-state index is 12.3. The fourth-order valence-electron chi connectivity index (χ4n) is 2.50. The lowest BCUT2D eigenvalue weighted by Crippen LogP contribution is -2.25.